The summed E-state index contributed by atoms with van der Waals surface area (Å²) in [6.07, 6.45) is 8.72. The van der Waals surface area contributed by atoms with E-state index in [4.69, 9.17) is 10.2 Å². The number of nitrogens with one attached hydrogen (secondary N) is 1. The molecule has 2 aliphatic heterocycles. The fraction of sp³-hybridized carbons (Fsp3) is 0.750. The fourth-order valence-electron chi connectivity index (χ4n) is 5.57. The summed E-state index contributed by atoms with van der Waals surface area (Å²) in [5.41, 5.74) is 0.326. The van der Waals surface area contributed by atoms with Crippen molar-refractivity contribution < 1.29 is 4.79 Å². The molecule has 0 bridgehead atoms. The molecule has 1 aromatic heterocycles. The number of fused-ring (bicyclic) bond motifs is 1. The van der Waals surface area contributed by atoms with Crippen LogP contribution in [0.15, 0.2) is 6.20 Å². The lowest BCUT2D eigenvalue weighted by molar-refractivity contribution is -0.125. The van der Waals surface area contributed by atoms with E-state index in [2.05, 4.69) is 33.1 Å². The number of nitriles is 1. The minimum Gasteiger partial charge on any atom is -0.351 e. The minimum absolute atomic E-state index is 0.112. The topological polar surface area (TPSA) is 88.4 Å². The zero-order chi connectivity index (χ0) is 22.9. The van der Waals surface area contributed by atoms with Gasteiger partial charge in [0.2, 0.25) is 11.9 Å². The van der Waals surface area contributed by atoms with Crippen molar-refractivity contribution in [1.29, 1.82) is 5.26 Å². The van der Waals surface area contributed by atoms with Gasteiger partial charge < -0.3 is 15.1 Å². The first-order valence-electron chi connectivity index (χ1n) is 12.1. The highest BCUT2D eigenvalue weighted by molar-refractivity contribution is 6.00. The second kappa shape index (κ2) is 9.22. The van der Waals surface area contributed by atoms with E-state index < -0.39 is 5.41 Å². The number of anilines is 3. The average molecular weight is 440 g/mol. The summed E-state index contributed by atoms with van der Waals surface area (Å²) < 4.78 is 0. The number of likely N-dealkylation sites (tertiary alicyclic amines) is 1. The van der Waals surface area contributed by atoms with Crippen LogP contribution in [-0.4, -0.2) is 66.1 Å². The van der Waals surface area contributed by atoms with E-state index in [0.29, 0.717) is 31.0 Å². The van der Waals surface area contributed by atoms with Crippen LogP contribution < -0.4 is 15.1 Å². The van der Waals surface area contributed by atoms with Crippen LogP contribution in [-0.2, 0) is 4.79 Å². The number of piperidine rings is 1. The fourth-order valence-corrected chi connectivity index (χ4v) is 5.57. The first-order valence-corrected chi connectivity index (χ1v) is 12.1. The van der Waals surface area contributed by atoms with Gasteiger partial charge in [-0.25, -0.2) is 4.98 Å². The van der Waals surface area contributed by atoms with Gasteiger partial charge in [-0.3, -0.25) is 9.69 Å². The van der Waals surface area contributed by atoms with Gasteiger partial charge in [-0.15, -0.1) is 0 Å². The maximum atomic E-state index is 13.1. The molecular weight excluding hydrogens is 402 g/mol. The molecule has 0 unspecified atom stereocenters. The Morgan fingerprint density at radius 1 is 1.25 bits per heavy atom. The second-order valence-electron chi connectivity index (χ2n) is 10.4. The molecular formula is C24H37N7O. The van der Waals surface area contributed by atoms with E-state index in [-0.39, 0.29) is 11.9 Å². The number of hydrogen-bond donors (Lipinski definition) is 1. The van der Waals surface area contributed by atoms with Crippen molar-refractivity contribution in [2.75, 3.05) is 48.3 Å². The molecule has 0 aromatic carbocycles. The third-order valence-corrected chi connectivity index (χ3v) is 7.59. The Balaban J connectivity index is 1.55. The molecule has 174 valence electrons. The number of aromatic nitrogens is 2. The van der Waals surface area contributed by atoms with Gasteiger partial charge in [-0.1, -0.05) is 12.8 Å². The normalized spacial score (nSPS) is 23.5. The number of hydrogen-bond acceptors (Lipinski definition) is 7. The molecule has 0 spiro atoms. The Bertz CT molecular complexity index is 866. The Morgan fingerprint density at radius 3 is 2.59 bits per heavy atom. The third kappa shape index (κ3) is 4.54. The smallest absolute Gasteiger partial charge is 0.234 e. The van der Waals surface area contributed by atoms with Crippen molar-refractivity contribution in [3.63, 3.8) is 0 Å². The van der Waals surface area contributed by atoms with E-state index in [9.17, 15) is 4.79 Å². The van der Waals surface area contributed by atoms with Crippen LogP contribution in [0.25, 0.3) is 0 Å². The Morgan fingerprint density at radius 2 is 1.94 bits per heavy atom. The summed E-state index contributed by atoms with van der Waals surface area (Å²) in [5.74, 6) is 2.16. The zero-order valence-corrected chi connectivity index (χ0v) is 20.0. The second-order valence-corrected chi connectivity index (χ2v) is 10.4. The van der Waals surface area contributed by atoms with Gasteiger partial charge in [0, 0.05) is 25.7 Å². The molecule has 2 fully saturated rings. The van der Waals surface area contributed by atoms with Crippen molar-refractivity contribution in [1.82, 2.24) is 14.9 Å². The van der Waals surface area contributed by atoms with E-state index in [0.717, 1.165) is 50.3 Å². The van der Waals surface area contributed by atoms with E-state index in [1.807, 2.05) is 27.1 Å². The van der Waals surface area contributed by atoms with Crippen LogP contribution in [0.4, 0.5) is 17.5 Å². The van der Waals surface area contributed by atoms with Gasteiger partial charge in [0.05, 0.1) is 24.2 Å². The van der Waals surface area contributed by atoms with Crippen LogP contribution in [0, 0.1) is 22.7 Å². The van der Waals surface area contributed by atoms with Gasteiger partial charge in [-0.2, -0.15) is 10.2 Å². The van der Waals surface area contributed by atoms with Crippen LogP contribution in [0.2, 0.25) is 0 Å². The quantitative estimate of drug-likeness (QED) is 0.705. The number of carbonyl (C=O) groups is 1. The van der Waals surface area contributed by atoms with Crippen LogP contribution in [0.3, 0.4) is 0 Å². The molecule has 1 aromatic rings. The SMILES string of the molecule is C[C@@H](Nc1ncc2c(n1)N(C1CCCC1)CC(C)(C)C(=O)N2C)C1CCN(CC#N)CC1. The van der Waals surface area contributed by atoms with E-state index >= 15 is 0 Å². The standard InChI is InChI=1S/C24H37N7O/c1-17(18-9-12-30(13-10-18)14-11-25)27-23-26-15-20-21(28-23)31(19-7-5-6-8-19)16-24(2,3)22(32)29(20)4/h15,17-19H,5-10,12-14,16H2,1-4H3,(H,26,27,28)/t17-/m1/s1. The molecule has 1 saturated carbocycles. The number of nitrogens with zero attached hydrogens (tertiary/aromatic N) is 6. The molecule has 1 amide bonds. The lowest BCUT2D eigenvalue weighted by Gasteiger charge is -2.35. The highest BCUT2D eigenvalue weighted by Crippen LogP contribution is 2.40. The van der Waals surface area contributed by atoms with Gasteiger partial charge in [0.15, 0.2) is 5.82 Å². The number of amides is 1. The molecule has 1 N–H and O–H groups in total. The molecule has 4 rings (SSSR count). The van der Waals surface area contributed by atoms with Crippen LogP contribution >= 0.6 is 0 Å². The van der Waals surface area contributed by atoms with Gasteiger partial charge >= 0.3 is 0 Å². The average Bonchev–Trinajstić information content (AvgIpc) is 3.30. The summed E-state index contributed by atoms with van der Waals surface area (Å²) in [5, 5.41) is 12.5. The lowest BCUT2D eigenvalue weighted by Crippen LogP contribution is -2.45. The van der Waals surface area contributed by atoms with Crippen LogP contribution in [0.1, 0.15) is 59.3 Å². The first kappa shape index (κ1) is 22.8. The molecule has 3 aliphatic rings. The third-order valence-electron chi connectivity index (χ3n) is 7.59. The van der Waals surface area contributed by atoms with E-state index in [1.165, 1.54) is 12.8 Å². The zero-order valence-electron chi connectivity index (χ0n) is 20.0. The van der Waals surface area contributed by atoms with Gasteiger partial charge in [0.25, 0.3) is 0 Å². The maximum absolute atomic E-state index is 13.1. The number of rotatable bonds is 5. The Labute approximate surface area is 192 Å². The highest BCUT2D eigenvalue weighted by Gasteiger charge is 2.41. The molecule has 1 saturated heterocycles. The predicted molar refractivity (Wildman–Crippen MR) is 127 cm³/mol. The summed E-state index contributed by atoms with van der Waals surface area (Å²) in [6, 6.07) is 2.93. The lowest BCUT2D eigenvalue weighted by atomic mass is 9.90. The van der Waals surface area contributed by atoms with Crippen molar-refractivity contribution in [2.45, 2.75) is 71.4 Å². The first-order chi connectivity index (χ1) is 15.3. The molecule has 3 heterocycles. The molecule has 0 radical (unpaired) electrons. The molecule has 1 atom stereocenters. The predicted octanol–water partition coefficient (Wildman–Crippen LogP) is 3.26. The summed E-state index contributed by atoms with van der Waals surface area (Å²) in [6.45, 7) is 9.39. The van der Waals surface area contributed by atoms with Crippen molar-refractivity contribution >= 4 is 23.4 Å². The largest absolute Gasteiger partial charge is 0.351 e. The van der Waals surface area contributed by atoms with Gasteiger partial charge in [-0.05, 0) is 65.5 Å². The molecule has 8 heteroatoms. The Kier molecular flexibility index (Phi) is 6.57. The Hall–Kier alpha value is -2.40. The summed E-state index contributed by atoms with van der Waals surface area (Å²) in [4.78, 5) is 29.1. The van der Waals surface area contributed by atoms with Gasteiger partial charge in [0.1, 0.15) is 5.69 Å². The van der Waals surface area contributed by atoms with Crippen LogP contribution in [0.5, 0.6) is 0 Å². The minimum atomic E-state index is -0.476. The molecule has 8 nitrogen and oxygen atoms in total. The highest BCUT2D eigenvalue weighted by atomic mass is 16.2. The van der Waals surface area contributed by atoms with E-state index in [1.54, 1.807) is 4.90 Å². The van der Waals surface area contributed by atoms with Crippen molar-refractivity contribution in [3.8, 4) is 6.07 Å². The number of carbonyl (C=O) groups excluding carboxylic acids is 1. The summed E-state index contributed by atoms with van der Waals surface area (Å²) >= 11 is 0. The maximum Gasteiger partial charge on any atom is 0.234 e. The molecule has 1 aliphatic carbocycles. The van der Waals surface area contributed by atoms with Crippen molar-refractivity contribution in [3.05, 3.63) is 6.20 Å². The molecule has 32 heavy (non-hydrogen) atoms. The monoisotopic (exact) mass is 439 g/mol. The van der Waals surface area contributed by atoms with Crippen molar-refractivity contribution in [2.24, 2.45) is 11.3 Å². The summed E-state index contributed by atoms with van der Waals surface area (Å²) in [7, 11) is 1.84.